The SMILES string of the molecule is O=C(Cn1c2ccc(F)cc2c2ncn(Cc3ccccc3)c(=O)c21)NC[C@H]1CCCO1. The van der Waals surface area contributed by atoms with Gasteiger partial charge in [0.1, 0.15) is 23.4 Å². The predicted octanol–water partition coefficient (Wildman–Crippen LogP) is 2.83. The summed E-state index contributed by atoms with van der Waals surface area (Å²) < 4.78 is 22.7. The fraction of sp³-hybridized carbons (Fsp3) is 0.292. The fourth-order valence-electron chi connectivity index (χ4n) is 4.26. The molecule has 3 heterocycles. The maximum Gasteiger partial charge on any atom is 0.278 e. The highest BCUT2D eigenvalue weighted by Crippen LogP contribution is 2.26. The third-order valence-electron chi connectivity index (χ3n) is 5.84. The van der Waals surface area contributed by atoms with Crippen LogP contribution in [0.1, 0.15) is 18.4 Å². The zero-order valence-corrected chi connectivity index (χ0v) is 17.5. The van der Waals surface area contributed by atoms with Gasteiger partial charge in [-0.25, -0.2) is 9.37 Å². The van der Waals surface area contributed by atoms with Crippen molar-refractivity contribution in [1.29, 1.82) is 0 Å². The van der Waals surface area contributed by atoms with Crippen LogP contribution in [0.5, 0.6) is 0 Å². The van der Waals surface area contributed by atoms with E-state index in [-0.39, 0.29) is 29.6 Å². The van der Waals surface area contributed by atoms with Gasteiger partial charge in [0.15, 0.2) is 0 Å². The molecule has 1 aliphatic rings. The number of nitrogens with zero attached hydrogens (tertiary/aromatic N) is 3. The van der Waals surface area contributed by atoms with Gasteiger partial charge >= 0.3 is 0 Å². The molecule has 4 aromatic rings. The fourth-order valence-corrected chi connectivity index (χ4v) is 4.26. The first-order valence-corrected chi connectivity index (χ1v) is 10.7. The molecule has 5 rings (SSSR count). The molecule has 0 radical (unpaired) electrons. The standard InChI is InChI=1S/C24H23FN4O3/c25-17-8-9-20-19(11-17)22-23(29(20)14-21(30)26-12-18-7-4-10-32-18)24(31)28(15-27-22)13-16-5-2-1-3-6-16/h1-3,5-6,8-9,11,15,18H,4,7,10,12-14H2,(H,26,30)/t18-/m1/s1. The second-order valence-electron chi connectivity index (χ2n) is 8.05. The lowest BCUT2D eigenvalue weighted by molar-refractivity contribution is -0.122. The minimum absolute atomic E-state index is 0.0240. The molecule has 0 saturated carbocycles. The molecule has 1 fully saturated rings. The Morgan fingerprint density at radius 1 is 1.22 bits per heavy atom. The second-order valence-corrected chi connectivity index (χ2v) is 8.05. The molecule has 1 saturated heterocycles. The van der Waals surface area contributed by atoms with Gasteiger partial charge in [0.05, 0.1) is 24.5 Å². The zero-order valence-electron chi connectivity index (χ0n) is 17.5. The Morgan fingerprint density at radius 3 is 2.84 bits per heavy atom. The summed E-state index contributed by atoms with van der Waals surface area (Å²) in [6.45, 7) is 1.43. The van der Waals surface area contributed by atoms with Crippen LogP contribution in [0.2, 0.25) is 0 Å². The molecule has 2 aromatic carbocycles. The van der Waals surface area contributed by atoms with Crippen molar-refractivity contribution in [3.63, 3.8) is 0 Å². The van der Waals surface area contributed by atoms with E-state index in [4.69, 9.17) is 4.74 Å². The van der Waals surface area contributed by atoms with Gasteiger partial charge in [0.2, 0.25) is 5.91 Å². The Kier molecular flexibility index (Phi) is 5.45. The summed E-state index contributed by atoms with van der Waals surface area (Å²) in [7, 11) is 0. The van der Waals surface area contributed by atoms with E-state index < -0.39 is 5.82 Å². The average Bonchev–Trinajstić information content (AvgIpc) is 3.42. The van der Waals surface area contributed by atoms with Crippen molar-refractivity contribution in [1.82, 2.24) is 19.4 Å². The van der Waals surface area contributed by atoms with Crippen LogP contribution in [0.4, 0.5) is 4.39 Å². The summed E-state index contributed by atoms with van der Waals surface area (Å²) in [4.78, 5) is 30.6. The first kappa shape index (κ1) is 20.4. The molecule has 1 N–H and O–H groups in total. The van der Waals surface area contributed by atoms with E-state index in [2.05, 4.69) is 10.3 Å². The number of ether oxygens (including phenoxy) is 1. The molecular weight excluding hydrogens is 411 g/mol. The molecule has 1 atom stereocenters. The van der Waals surface area contributed by atoms with Gasteiger partial charge in [-0.1, -0.05) is 30.3 Å². The number of halogens is 1. The molecule has 1 amide bonds. The van der Waals surface area contributed by atoms with Crippen LogP contribution in [0, 0.1) is 5.82 Å². The van der Waals surface area contributed by atoms with Gasteiger partial charge in [0, 0.05) is 18.5 Å². The van der Waals surface area contributed by atoms with Gasteiger partial charge in [-0.15, -0.1) is 0 Å². The largest absolute Gasteiger partial charge is 0.376 e. The topological polar surface area (TPSA) is 78.2 Å². The van der Waals surface area contributed by atoms with Crippen LogP contribution in [0.15, 0.2) is 59.7 Å². The van der Waals surface area contributed by atoms with Crippen molar-refractivity contribution >= 4 is 27.8 Å². The molecule has 2 aromatic heterocycles. The third-order valence-corrected chi connectivity index (χ3v) is 5.84. The molecule has 7 nitrogen and oxygen atoms in total. The van der Waals surface area contributed by atoms with Gasteiger partial charge in [-0.2, -0.15) is 0 Å². The number of fused-ring (bicyclic) bond motifs is 3. The quantitative estimate of drug-likeness (QED) is 0.506. The molecule has 164 valence electrons. The van der Waals surface area contributed by atoms with Gasteiger partial charge in [-0.05, 0) is 36.6 Å². The zero-order chi connectivity index (χ0) is 22.1. The summed E-state index contributed by atoms with van der Waals surface area (Å²) in [6, 6.07) is 13.8. The maximum atomic E-state index is 14.0. The molecule has 1 aliphatic heterocycles. The highest BCUT2D eigenvalue weighted by Gasteiger charge is 2.20. The van der Waals surface area contributed by atoms with Crippen LogP contribution < -0.4 is 10.9 Å². The summed E-state index contributed by atoms with van der Waals surface area (Å²) in [5.74, 6) is -0.656. The Labute approximate surface area is 183 Å². The summed E-state index contributed by atoms with van der Waals surface area (Å²) in [5.41, 5.74) is 1.95. The number of aromatic nitrogens is 3. The highest BCUT2D eigenvalue weighted by molar-refractivity contribution is 6.06. The van der Waals surface area contributed by atoms with E-state index in [1.165, 1.54) is 23.0 Å². The second kappa shape index (κ2) is 8.55. The Morgan fingerprint density at radius 2 is 2.06 bits per heavy atom. The van der Waals surface area contributed by atoms with Crippen molar-refractivity contribution in [3.05, 3.63) is 76.6 Å². The number of hydrogen-bond donors (Lipinski definition) is 1. The first-order valence-electron chi connectivity index (χ1n) is 10.7. The van der Waals surface area contributed by atoms with E-state index in [0.29, 0.717) is 36.1 Å². The highest BCUT2D eigenvalue weighted by atomic mass is 19.1. The molecule has 0 unspecified atom stereocenters. The van der Waals surface area contributed by atoms with Gasteiger partial charge < -0.3 is 14.6 Å². The third kappa shape index (κ3) is 3.89. The van der Waals surface area contributed by atoms with Crippen molar-refractivity contribution in [2.75, 3.05) is 13.2 Å². The van der Waals surface area contributed by atoms with Gasteiger partial charge in [0.25, 0.3) is 5.56 Å². The Bertz CT molecular complexity index is 1340. The van der Waals surface area contributed by atoms with E-state index in [1.54, 1.807) is 10.6 Å². The number of carbonyl (C=O) groups excluding carboxylic acids is 1. The van der Waals surface area contributed by atoms with Crippen LogP contribution in [-0.2, 0) is 22.6 Å². The summed E-state index contributed by atoms with van der Waals surface area (Å²) in [5, 5.41) is 3.40. The number of carbonyl (C=O) groups is 1. The minimum Gasteiger partial charge on any atom is -0.376 e. The first-order chi connectivity index (χ1) is 15.6. The van der Waals surface area contributed by atoms with Crippen LogP contribution in [0.25, 0.3) is 21.9 Å². The molecular formula is C24H23FN4O3. The van der Waals surface area contributed by atoms with E-state index >= 15 is 0 Å². The number of amides is 1. The van der Waals surface area contributed by atoms with E-state index in [9.17, 15) is 14.0 Å². The lowest BCUT2D eigenvalue weighted by atomic mass is 10.2. The Balaban J connectivity index is 1.54. The van der Waals surface area contributed by atoms with Crippen LogP contribution in [0.3, 0.4) is 0 Å². The maximum absolute atomic E-state index is 14.0. The summed E-state index contributed by atoms with van der Waals surface area (Å²) >= 11 is 0. The Hall–Kier alpha value is -3.52. The van der Waals surface area contributed by atoms with Crippen LogP contribution in [-0.4, -0.2) is 39.3 Å². The number of rotatable bonds is 6. The molecule has 0 bridgehead atoms. The van der Waals surface area contributed by atoms with Crippen molar-refractivity contribution in [2.24, 2.45) is 0 Å². The number of benzene rings is 2. The van der Waals surface area contributed by atoms with Crippen LogP contribution >= 0.6 is 0 Å². The number of hydrogen-bond acceptors (Lipinski definition) is 4. The summed E-state index contributed by atoms with van der Waals surface area (Å²) in [6.07, 6.45) is 3.41. The normalized spacial score (nSPS) is 16.1. The lowest BCUT2D eigenvalue weighted by Gasteiger charge is -2.12. The number of nitrogens with one attached hydrogen (secondary N) is 1. The monoisotopic (exact) mass is 434 g/mol. The lowest BCUT2D eigenvalue weighted by Crippen LogP contribution is -2.34. The van der Waals surface area contributed by atoms with Crippen molar-refractivity contribution in [3.8, 4) is 0 Å². The molecule has 0 aliphatic carbocycles. The van der Waals surface area contributed by atoms with Crippen molar-refractivity contribution in [2.45, 2.75) is 32.0 Å². The molecule has 0 spiro atoms. The average molecular weight is 434 g/mol. The smallest absolute Gasteiger partial charge is 0.278 e. The molecule has 32 heavy (non-hydrogen) atoms. The molecule has 8 heteroatoms. The van der Waals surface area contributed by atoms with E-state index in [0.717, 1.165) is 18.4 Å². The minimum atomic E-state index is -0.422. The van der Waals surface area contributed by atoms with Crippen molar-refractivity contribution < 1.29 is 13.9 Å². The van der Waals surface area contributed by atoms with E-state index in [1.807, 2.05) is 30.3 Å². The van der Waals surface area contributed by atoms with Gasteiger partial charge in [-0.3, -0.25) is 14.2 Å². The predicted molar refractivity (Wildman–Crippen MR) is 119 cm³/mol.